The monoisotopic (exact) mass is 499 g/mol. The van der Waals surface area contributed by atoms with Crippen LogP contribution in [-0.4, -0.2) is 52.7 Å². The fraction of sp³-hybridized carbons (Fsp3) is 0.152. The smallest absolute Gasteiger partial charge is 0.124 e. The molecule has 0 spiro atoms. The highest BCUT2D eigenvalue weighted by atomic mass is 16.3. The molecule has 5 heteroatoms. The van der Waals surface area contributed by atoms with Crippen LogP contribution in [-0.2, 0) is 6.54 Å². The lowest BCUT2D eigenvalue weighted by molar-refractivity contribution is 0.324. The van der Waals surface area contributed by atoms with Crippen LogP contribution in [0.25, 0.3) is 21.5 Å². The van der Waals surface area contributed by atoms with Crippen molar-refractivity contribution in [3.63, 3.8) is 0 Å². The molecule has 1 aliphatic rings. The highest BCUT2D eigenvalue weighted by Crippen LogP contribution is 2.28. The Bertz CT molecular complexity index is 1540. The molecule has 6 rings (SSSR count). The van der Waals surface area contributed by atoms with Crippen LogP contribution in [0.4, 0.5) is 0 Å². The minimum Gasteiger partial charge on any atom is -0.507 e. The van der Waals surface area contributed by atoms with Gasteiger partial charge in [-0.25, -0.2) is 0 Å². The summed E-state index contributed by atoms with van der Waals surface area (Å²) in [7, 11) is 0. The van der Waals surface area contributed by atoms with Gasteiger partial charge >= 0.3 is 0 Å². The lowest BCUT2D eigenvalue weighted by Crippen LogP contribution is -2.21. The zero-order valence-corrected chi connectivity index (χ0v) is 21.0. The van der Waals surface area contributed by atoms with Gasteiger partial charge in [0.25, 0.3) is 0 Å². The van der Waals surface area contributed by atoms with Gasteiger partial charge in [0.15, 0.2) is 0 Å². The average molecular weight is 500 g/mol. The van der Waals surface area contributed by atoms with Gasteiger partial charge in [0.2, 0.25) is 0 Å². The van der Waals surface area contributed by atoms with E-state index in [2.05, 4.69) is 29.2 Å². The van der Waals surface area contributed by atoms with E-state index >= 15 is 0 Å². The van der Waals surface area contributed by atoms with E-state index in [1.807, 2.05) is 66.7 Å². The molecule has 0 unspecified atom stereocenters. The van der Waals surface area contributed by atoms with E-state index in [0.29, 0.717) is 0 Å². The summed E-state index contributed by atoms with van der Waals surface area (Å²) in [4.78, 5) is 12.3. The summed E-state index contributed by atoms with van der Waals surface area (Å²) in [5, 5.41) is 25.3. The molecular weight excluding hydrogens is 470 g/mol. The second kappa shape index (κ2) is 10.5. The number of fused-ring (bicyclic) bond motifs is 2. The topological polar surface area (TPSA) is 68.4 Å². The van der Waals surface area contributed by atoms with Crippen LogP contribution in [0.2, 0.25) is 0 Å². The molecule has 1 saturated heterocycles. The minimum atomic E-state index is -0.0922. The fourth-order valence-corrected chi connectivity index (χ4v) is 5.29. The molecule has 0 radical (unpaired) electrons. The molecule has 0 saturated carbocycles. The lowest BCUT2D eigenvalue weighted by Gasteiger charge is -2.14. The van der Waals surface area contributed by atoms with Crippen molar-refractivity contribution in [1.82, 2.24) is 4.90 Å². The highest BCUT2D eigenvalue weighted by molar-refractivity contribution is 6.03. The minimum absolute atomic E-state index is 0.0922. The Morgan fingerprint density at radius 2 is 1.08 bits per heavy atom. The third kappa shape index (κ3) is 4.89. The standard InChI is InChI=1S/C33H29N3O2/c37-32-16-14-24-10-4-6-12-26(24)28(32)18-34-30-21-36(20-23-8-2-1-3-9-23)22-31(30)35-19-29-27-13-7-5-11-25(27)15-17-33(29)38/h1-19,30-31,37-38H,20-22H2/t30-,31-/m1/s1. The summed E-state index contributed by atoms with van der Waals surface area (Å²) in [6, 6.07) is 33.5. The van der Waals surface area contributed by atoms with Crippen LogP contribution >= 0.6 is 0 Å². The SMILES string of the molecule is Oc1ccc2ccccc2c1C=N[C@@H]1CN(Cc2ccccc2)C[C@H]1N=Cc1c(O)ccc2ccccc12. The predicted molar refractivity (Wildman–Crippen MR) is 156 cm³/mol. The number of aromatic hydroxyl groups is 2. The van der Waals surface area contributed by atoms with Crippen LogP contribution in [0.5, 0.6) is 11.5 Å². The number of hydrogen-bond acceptors (Lipinski definition) is 5. The molecule has 5 aromatic rings. The Morgan fingerprint density at radius 1 is 0.605 bits per heavy atom. The number of benzene rings is 5. The van der Waals surface area contributed by atoms with Crippen molar-refractivity contribution < 1.29 is 10.2 Å². The molecule has 38 heavy (non-hydrogen) atoms. The number of likely N-dealkylation sites (tertiary alicyclic amines) is 1. The second-order valence-corrected chi connectivity index (χ2v) is 9.81. The first-order valence-electron chi connectivity index (χ1n) is 12.9. The van der Waals surface area contributed by atoms with E-state index in [-0.39, 0.29) is 23.6 Å². The molecule has 0 amide bonds. The Balaban J connectivity index is 1.33. The molecule has 1 fully saturated rings. The summed E-state index contributed by atoms with van der Waals surface area (Å²) in [5.41, 5.74) is 2.69. The average Bonchev–Trinajstić information content (AvgIpc) is 3.33. The maximum Gasteiger partial charge on any atom is 0.124 e. The Morgan fingerprint density at radius 3 is 1.61 bits per heavy atom. The van der Waals surface area contributed by atoms with Gasteiger partial charge in [-0.1, -0.05) is 91.0 Å². The van der Waals surface area contributed by atoms with Crippen molar-refractivity contribution >= 4 is 34.0 Å². The van der Waals surface area contributed by atoms with Crippen LogP contribution in [0.1, 0.15) is 16.7 Å². The summed E-state index contributed by atoms with van der Waals surface area (Å²) >= 11 is 0. The maximum absolute atomic E-state index is 10.6. The molecular formula is C33H29N3O2. The van der Waals surface area contributed by atoms with Gasteiger partial charge in [-0.05, 0) is 39.2 Å². The van der Waals surface area contributed by atoms with Gasteiger partial charge in [0, 0.05) is 43.2 Å². The molecule has 1 aliphatic heterocycles. The van der Waals surface area contributed by atoms with Crippen molar-refractivity contribution in [3.05, 3.63) is 120 Å². The quantitative estimate of drug-likeness (QED) is 0.274. The first-order valence-corrected chi connectivity index (χ1v) is 12.9. The van der Waals surface area contributed by atoms with Gasteiger partial charge < -0.3 is 10.2 Å². The summed E-state index contributed by atoms with van der Waals surface area (Å²) < 4.78 is 0. The van der Waals surface area contributed by atoms with Crippen molar-refractivity contribution in [2.24, 2.45) is 9.98 Å². The van der Waals surface area contributed by atoms with E-state index < -0.39 is 0 Å². The van der Waals surface area contributed by atoms with Crippen molar-refractivity contribution in [1.29, 1.82) is 0 Å². The Labute approximate surface area is 222 Å². The van der Waals surface area contributed by atoms with E-state index in [9.17, 15) is 10.2 Å². The number of hydrogen-bond donors (Lipinski definition) is 2. The first-order chi connectivity index (χ1) is 18.7. The number of nitrogens with zero attached hydrogens (tertiary/aromatic N) is 3. The molecule has 0 bridgehead atoms. The fourth-order valence-electron chi connectivity index (χ4n) is 5.29. The largest absolute Gasteiger partial charge is 0.507 e. The molecule has 5 nitrogen and oxygen atoms in total. The molecule has 2 atom stereocenters. The zero-order valence-electron chi connectivity index (χ0n) is 21.0. The number of aliphatic imine (C=N–C) groups is 2. The summed E-state index contributed by atoms with van der Waals surface area (Å²) in [6.07, 6.45) is 3.60. The predicted octanol–water partition coefficient (Wildman–Crippen LogP) is 6.20. The third-order valence-electron chi connectivity index (χ3n) is 7.27. The van der Waals surface area contributed by atoms with Gasteiger partial charge in [0.05, 0.1) is 12.1 Å². The van der Waals surface area contributed by atoms with Gasteiger partial charge in [-0.3, -0.25) is 14.9 Å². The van der Waals surface area contributed by atoms with E-state index in [0.717, 1.165) is 52.3 Å². The van der Waals surface area contributed by atoms with E-state index in [4.69, 9.17) is 9.98 Å². The van der Waals surface area contributed by atoms with Gasteiger partial charge in [-0.2, -0.15) is 0 Å². The molecule has 2 N–H and O–H groups in total. The molecule has 188 valence electrons. The van der Waals surface area contributed by atoms with Crippen molar-refractivity contribution in [2.75, 3.05) is 13.1 Å². The van der Waals surface area contributed by atoms with Crippen molar-refractivity contribution in [2.45, 2.75) is 18.6 Å². The summed E-state index contributed by atoms with van der Waals surface area (Å²) in [6.45, 7) is 2.32. The van der Waals surface area contributed by atoms with Crippen LogP contribution in [0.3, 0.4) is 0 Å². The molecule has 5 aromatic carbocycles. The first kappa shape index (κ1) is 23.9. The van der Waals surface area contributed by atoms with Crippen molar-refractivity contribution in [3.8, 4) is 11.5 Å². The highest BCUT2D eigenvalue weighted by Gasteiger charge is 2.32. The normalized spacial score (nSPS) is 18.3. The number of phenols is 2. The second-order valence-electron chi connectivity index (χ2n) is 9.81. The van der Waals surface area contributed by atoms with Crippen LogP contribution in [0, 0.1) is 0 Å². The van der Waals surface area contributed by atoms with Gasteiger partial charge in [0.1, 0.15) is 11.5 Å². The number of rotatable bonds is 6. The maximum atomic E-state index is 10.6. The molecule has 0 aliphatic carbocycles. The van der Waals surface area contributed by atoms with E-state index in [1.54, 1.807) is 24.6 Å². The third-order valence-corrected chi connectivity index (χ3v) is 7.27. The zero-order chi connectivity index (χ0) is 25.9. The molecule has 1 heterocycles. The van der Waals surface area contributed by atoms with E-state index in [1.165, 1.54) is 5.56 Å². The number of phenolic OH excluding ortho intramolecular Hbond substituents is 2. The van der Waals surface area contributed by atoms with Crippen LogP contribution < -0.4 is 0 Å². The molecule has 0 aromatic heterocycles. The van der Waals surface area contributed by atoms with Crippen LogP contribution in [0.15, 0.2) is 113 Å². The Hall–Kier alpha value is -4.48. The lowest BCUT2D eigenvalue weighted by atomic mass is 10.0. The summed E-state index contributed by atoms with van der Waals surface area (Å²) in [5.74, 6) is 0.430. The Kier molecular flexibility index (Phi) is 6.59. The van der Waals surface area contributed by atoms with Gasteiger partial charge in [-0.15, -0.1) is 0 Å².